The van der Waals surface area contributed by atoms with E-state index in [9.17, 15) is 13.5 Å². The van der Waals surface area contributed by atoms with Crippen molar-refractivity contribution in [3.63, 3.8) is 0 Å². The van der Waals surface area contributed by atoms with Gasteiger partial charge in [-0.3, -0.25) is 4.90 Å². The summed E-state index contributed by atoms with van der Waals surface area (Å²) in [4.78, 5) is 1.91. The molecule has 1 fully saturated rings. The van der Waals surface area contributed by atoms with Crippen LogP contribution in [0.1, 0.15) is 12.0 Å². The molecule has 2 unspecified atom stereocenters. The van der Waals surface area contributed by atoms with E-state index in [1.165, 1.54) is 0 Å². The zero-order chi connectivity index (χ0) is 15.5. The molecule has 0 aliphatic carbocycles. The van der Waals surface area contributed by atoms with Gasteiger partial charge in [0.05, 0.1) is 11.5 Å². The van der Waals surface area contributed by atoms with Gasteiger partial charge in [0.1, 0.15) is 18.5 Å². The van der Waals surface area contributed by atoms with E-state index < -0.39 is 15.9 Å². The molecule has 0 spiro atoms. The molecular formula is C15H23NO4S. The number of nitrogens with zero attached hydrogens (tertiary/aromatic N) is 1. The Kier molecular flexibility index (Phi) is 5.24. The second-order valence-corrected chi connectivity index (χ2v) is 7.96. The molecular weight excluding hydrogens is 290 g/mol. The van der Waals surface area contributed by atoms with E-state index in [4.69, 9.17) is 4.74 Å². The lowest BCUT2D eigenvalue weighted by Gasteiger charge is -2.25. The molecule has 1 aromatic rings. The lowest BCUT2D eigenvalue weighted by atomic mass is 10.2. The van der Waals surface area contributed by atoms with Crippen LogP contribution in [0, 0.1) is 6.92 Å². The Hall–Kier alpha value is -1.11. The minimum absolute atomic E-state index is 0.00288. The number of likely N-dealkylation sites (N-methyl/N-ethyl adjacent to an activating group) is 1. The number of sulfone groups is 1. The molecule has 5 nitrogen and oxygen atoms in total. The van der Waals surface area contributed by atoms with Gasteiger partial charge in [0.15, 0.2) is 9.84 Å². The Morgan fingerprint density at radius 2 is 2.14 bits per heavy atom. The van der Waals surface area contributed by atoms with Crippen LogP contribution in [0.3, 0.4) is 0 Å². The molecule has 0 amide bonds. The molecule has 0 saturated carbocycles. The summed E-state index contributed by atoms with van der Waals surface area (Å²) in [6.07, 6.45) is 0.00224. The number of benzene rings is 1. The van der Waals surface area contributed by atoms with Gasteiger partial charge in [-0.05, 0) is 32.0 Å². The Morgan fingerprint density at radius 1 is 1.43 bits per heavy atom. The van der Waals surface area contributed by atoms with Crippen LogP contribution < -0.4 is 4.74 Å². The van der Waals surface area contributed by atoms with Crippen molar-refractivity contribution in [3.8, 4) is 5.75 Å². The zero-order valence-electron chi connectivity index (χ0n) is 12.5. The SMILES string of the molecule is Cc1ccccc1OCC(O)CN(C)C1CCS(=O)(=O)C1. The summed E-state index contributed by atoms with van der Waals surface area (Å²) in [6, 6.07) is 7.66. The van der Waals surface area contributed by atoms with Crippen molar-refractivity contribution in [1.29, 1.82) is 0 Å². The molecule has 0 aromatic heterocycles. The second kappa shape index (κ2) is 6.77. The number of ether oxygens (including phenoxy) is 1. The molecule has 1 N–H and O–H groups in total. The number of rotatable bonds is 6. The van der Waals surface area contributed by atoms with Crippen LogP contribution in [0.25, 0.3) is 0 Å². The molecule has 21 heavy (non-hydrogen) atoms. The summed E-state index contributed by atoms with van der Waals surface area (Å²) < 4.78 is 28.5. The van der Waals surface area contributed by atoms with Crippen molar-refractivity contribution in [2.75, 3.05) is 31.7 Å². The number of hydrogen-bond donors (Lipinski definition) is 1. The van der Waals surface area contributed by atoms with Gasteiger partial charge in [0.2, 0.25) is 0 Å². The minimum atomic E-state index is -2.89. The highest BCUT2D eigenvalue weighted by Crippen LogP contribution is 2.18. The summed E-state index contributed by atoms with van der Waals surface area (Å²) in [5.74, 6) is 1.20. The third-order valence-corrected chi connectivity index (χ3v) is 5.61. The molecule has 1 aromatic carbocycles. The van der Waals surface area contributed by atoms with Crippen LogP contribution in [-0.4, -0.2) is 62.3 Å². The molecule has 2 atom stereocenters. The summed E-state index contributed by atoms with van der Waals surface area (Å²) in [7, 11) is -1.04. The highest BCUT2D eigenvalue weighted by Gasteiger charge is 2.31. The largest absolute Gasteiger partial charge is 0.491 e. The van der Waals surface area contributed by atoms with Gasteiger partial charge in [0.25, 0.3) is 0 Å². The Bertz CT molecular complexity index is 573. The van der Waals surface area contributed by atoms with Crippen LogP contribution in [0.2, 0.25) is 0 Å². The molecule has 1 aliphatic heterocycles. The normalized spacial score (nSPS) is 22.4. The predicted octanol–water partition coefficient (Wildman–Crippen LogP) is 0.854. The molecule has 2 rings (SSSR count). The van der Waals surface area contributed by atoms with Crippen LogP contribution in [0.15, 0.2) is 24.3 Å². The molecule has 1 saturated heterocycles. The van der Waals surface area contributed by atoms with E-state index in [0.29, 0.717) is 13.0 Å². The monoisotopic (exact) mass is 313 g/mol. The zero-order valence-corrected chi connectivity index (χ0v) is 13.3. The average molecular weight is 313 g/mol. The van der Waals surface area contributed by atoms with Gasteiger partial charge in [-0.25, -0.2) is 8.42 Å². The number of aliphatic hydroxyl groups excluding tert-OH is 1. The van der Waals surface area contributed by atoms with Crippen LogP contribution in [0.4, 0.5) is 0 Å². The maximum Gasteiger partial charge on any atom is 0.151 e. The van der Waals surface area contributed by atoms with Crippen LogP contribution in [-0.2, 0) is 9.84 Å². The molecule has 0 bridgehead atoms. The van der Waals surface area contributed by atoms with Gasteiger partial charge < -0.3 is 9.84 Å². The first-order valence-electron chi connectivity index (χ1n) is 7.14. The molecule has 1 aliphatic rings. The Morgan fingerprint density at radius 3 is 2.76 bits per heavy atom. The summed E-state index contributed by atoms with van der Waals surface area (Å²) in [5, 5.41) is 10.0. The summed E-state index contributed by atoms with van der Waals surface area (Å²) in [6.45, 7) is 2.57. The standard InChI is InChI=1S/C15H23NO4S/c1-12-5-3-4-6-15(12)20-10-14(17)9-16(2)13-7-8-21(18,19)11-13/h3-6,13-14,17H,7-11H2,1-2H3. The van der Waals surface area contributed by atoms with Gasteiger partial charge in [-0.2, -0.15) is 0 Å². The maximum atomic E-state index is 11.5. The van der Waals surface area contributed by atoms with Crippen molar-refractivity contribution in [1.82, 2.24) is 4.90 Å². The molecule has 6 heteroatoms. The first-order chi connectivity index (χ1) is 9.87. The van der Waals surface area contributed by atoms with Crippen molar-refractivity contribution >= 4 is 9.84 Å². The number of aryl methyl sites for hydroxylation is 1. The number of hydrogen-bond acceptors (Lipinski definition) is 5. The maximum absolute atomic E-state index is 11.5. The first kappa shape index (κ1) is 16.3. The number of para-hydroxylation sites is 1. The number of aliphatic hydroxyl groups is 1. The van der Waals surface area contributed by atoms with Crippen LogP contribution >= 0.6 is 0 Å². The van der Waals surface area contributed by atoms with Crippen molar-refractivity contribution in [2.45, 2.75) is 25.5 Å². The topological polar surface area (TPSA) is 66.8 Å². The Balaban J connectivity index is 1.79. The minimum Gasteiger partial charge on any atom is -0.491 e. The predicted molar refractivity (Wildman–Crippen MR) is 82.4 cm³/mol. The van der Waals surface area contributed by atoms with Gasteiger partial charge in [0, 0.05) is 12.6 Å². The van der Waals surface area contributed by atoms with Gasteiger partial charge >= 0.3 is 0 Å². The second-order valence-electron chi connectivity index (χ2n) is 5.73. The lowest BCUT2D eigenvalue weighted by molar-refractivity contribution is 0.0662. The van der Waals surface area contributed by atoms with Crippen molar-refractivity contribution < 1.29 is 18.3 Å². The van der Waals surface area contributed by atoms with E-state index in [-0.39, 0.29) is 24.2 Å². The van der Waals surface area contributed by atoms with E-state index >= 15 is 0 Å². The van der Waals surface area contributed by atoms with E-state index in [1.54, 1.807) is 0 Å². The third-order valence-electron chi connectivity index (χ3n) is 3.86. The quantitative estimate of drug-likeness (QED) is 0.843. The van der Waals surface area contributed by atoms with E-state index in [0.717, 1.165) is 11.3 Å². The highest BCUT2D eigenvalue weighted by atomic mass is 32.2. The van der Waals surface area contributed by atoms with E-state index in [1.807, 2.05) is 43.1 Å². The first-order valence-corrected chi connectivity index (χ1v) is 8.97. The molecule has 118 valence electrons. The van der Waals surface area contributed by atoms with Crippen molar-refractivity contribution in [2.24, 2.45) is 0 Å². The van der Waals surface area contributed by atoms with Gasteiger partial charge in [-0.15, -0.1) is 0 Å². The fourth-order valence-electron chi connectivity index (χ4n) is 2.56. The fourth-order valence-corrected chi connectivity index (χ4v) is 4.37. The molecule has 0 radical (unpaired) electrons. The molecule has 1 heterocycles. The average Bonchev–Trinajstić information content (AvgIpc) is 2.78. The van der Waals surface area contributed by atoms with E-state index in [2.05, 4.69) is 0 Å². The smallest absolute Gasteiger partial charge is 0.151 e. The third kappa shape index (κ3) is 4.69. The fraction of sp³-hybridized carbons (Fsp3) is 0.600. The van der Waals surface area contributed by atoms with Gasteiger partial charge in [-0.1, -0.05) is 18.2 Å². The summed E-state index contributed by atoms with van der Waals surface area (Å²) >= 11 is 0. The van der Waals surface area contributed by atoms with Crippen LogP contribution in [0.5, 0.6) is 5.75 Å². The van der Waals surface area contributed by atoms with Crippen molar-refractivity contribution in [3.05, 3.63) is 29.8 Å². The highest BCUT2D eigenvalue weighted by molar-refractivity contribution is 7.91. The summed E-state index contributed by atoms with van der Waals surface area (Å²) in [5.41, 5.74) is 1.03. The Labute approximate surface area is 126 Å². The lowest BCUT2D eigenvalue weighted by Crippen LogP contribution is -2.40.